The van der Waals surface area contributed by atoms with Crippen LogP contribution >= 0.6 is 0 Å². The minimum absolute atomic E-state index is 0.0104. The van der Waals surface area contributed by atoms with E-state index in [-0.39, 0.29) is 29.6 Å². The van der Waals surface area contributed by atoms with Crippen molar-refractivity contribution in [3.63, 3.8) is 0 Å². The molecule has 1 aliphatic heterocycles. The van der Waals surface area contributed by atoms with E-state index in [1.54, 1.807) is 13.0 Å². The first kappa shape index (κ1) is 23.5. The Morgan fingerprint density at radius 1 is 1.19 bits per heavy atom. The quantitative estimate of drug-likeness (QED) is 0.494. The van der Waals surface area contributed by atoms with Gasteiger partial charge in [0, 0.05) is 25.2 Å². The molecule has 0 aliphatic carbocycles. The molecule has 1 N–H and O–H groups in total. The van der Waals surface area contributed by atoms with Gasteiger partial charge in [-0.1, -0.05) is 6.07 Å². The van der Waals surface area contributed by atoms with Gasteiger partial charge in [0.1, 0.15) is 0 Å². The smallest absolute Gasteiger partial charge is 0.274 e. The lowest BCUT2D eigenvalue weighted by Gasteiger charge is -2.31. The van der Waals surface area contributed by atoms with Crippen molar-refractivity contribution in [2.24, 2.45) is 5.92 Å². The molecule has 10 nitrogen and oxygen atoms in total. The molecular formula is C21H25N3O7S. The largest absolute Gasteiger partial charge is 0.493 e. The van der Waals surface area contributed by atoms with E-state index >= 15 is 0 Å². The first-order valence-electron chi connectivity index (χ1n) is 9.96. The summed E-state index contributed by atoms with van der Waals surface area (Å²) in [7, 11) is -0.973. The summed E-state index contributed by atoms with van der Waals surface area (Å²) in [6.45, 7) is 1.86. The van der Waals surface area contributed by atoms with Crippen LogP contribution in [-0.4, -0.2) is 50.9 Å². The van der Waals surface area contributed by atoms with E-state index in [1.807, 2.05) is 0 Å². The Morgan fingerprint density at radius 2 is 1.91 bits per heavy atom. The molecule has 1 saturated heterocycles. The fourth-order valence-electron chi connectivity index (χ4n) is 3.69. The second-order valence-corrected chi connectivity index (χ2v) is 9.35. The number of rotatable bonds is 7. The summed E-state index contributed by atoms with van der Waals surface area (Å²) in [5.41, 5.74) is 0.588. The standard InChI is InChI=1S/C21H25N3O7S/c1-14-17(7-4-8-18(14)24(26)27)22-21(25)15-6-5-11-23(13-15)32(28,29)16-9-10-19(30-2)20(12-16)31-3/h4,7-10,12,15H,5-6,11,13H2,1-3H3,(H,22,25)/t15-/m0/s1. The van der Waals surface area contributed by atoms with Crippen molar-refractivity contribution < 1.29 is 27.6 Å². The third-order valence-electron chi connectivity index (χ3n) is 5.51. The maximum atomic E-state index is 13.2. The maximum Gasteiger partial charge on any atom is 0.274 e. The van der Waals surface area contributed by atoms with Crippen LogP contribution < -0.4 is 14.8 Å². The van der Waals surface area contributed by atoms with E-state index in [4.69, 9.17) is 9.47 Å². The molecule has 32 heavy (non-hydrogen) atoms. The van der Waals surface area contributed by atoms with Crippen LogP contribution in [0.15, 0.2) is 41.3 Å². The molecule has 11 heteroatoms. The highest BCUT2D eigenvalue weighted by molar-refractivity contribution is 7.89. The number of piperidine rings is 1. The molecule has 0 bridgehead atoms. The minimum atomic E-state index is -3.86. The van der Waals surface area contributed by atoms with Crippen LogP contribution in [0.25, 0.3) is 0 Å². The third-order valence-corrected chi connectivity index (χ3v) is 7.37. The molecule has 0 aromatic heterocycles. The summed E-state index contributed by atoms with van der Waals surface area (Å²) in [5.74, 6) is -0.256. The Balaban J connectivity index is 1.78. The van der Waals surface area contributed by atoms with Gasteiger partial charge in [0.05, 0.1) is 41.2 Å². The van der Waals surface area contributed by atoms with Crippen molar-refractivity contribution in [3.8, 4) is 11.5 Å². The predicted octanol–water partition coefficient (Wildman–Crippen LogP) is 2.96. The number of methoxy groups -OCH3 is 2. The summed E-state index contributed by atoms with van der Waals surface area (Å²) in [6, 6.07) is 8.79. The van der Waals surface area contributed by atoms with E-state index in [0.717, 1.165) is 0 Å². The number of benzene rings is 2. The molecule has 0 saturated carbocycles. The van der Waals surface area contributed by atoms with Crippen LogP contribution in [0.4, 0.5) is 11.4 Å². The number of nitrogens with one attached hydrogen (secondary N) is 1. The molecule has 1 heterocycles. The molecule has 1 amide bonds. The van der Waals surface area contributed by atoms with Crippen LogP contribution in [0.2, 0.25) is 0 Å². The predicted molar refractivity (Wildman–Crippen MR) is 117 cm³/mol. The second-order valence-electron chi connectivity index (χ2n) is 7.42. The Bertz CT molecular complexity index is 1130. The Hall–Kier alpha value is -3.18. The summed E-state index contributed by atoms with van der Waals surface area (Å²) < 4.78 is 38.0. The highest BCUT2D eigenvalue weighted by Gasteiger charge is 2.34. The number of hydrogen-bond donors (Lipinski definition) is 1. The van der Waals surface area contributed by atoms with E-state index in [9.17, 15) is 23.3 Å². The van der Waals surface area contributed by atoms with E-state index in [1.165, 1.54) is 48.9 Å². The van der Waals surface area contributed by atoms with Crippen molar-refractivity contribution in [2.75, 3.05) is 32.6 Å². The van der Waals surface area contributed by atoms with Crippen LogP contribution in [0.5, 0.6) is 11.5 Å². The minimum Gasteiger partial charge on any atom is -0.493 e. The van der Waals surface area contributed by atoms with Gasteiger partial charge in [-0.25, -0.2) is 8.42 Å². The lowest BCUT2D eigenvalue weighted by Crippen LogP contribution is -2.43. The second kappa shape index (κ2) is 9.53. The van der Waals surface area contributed by atoms with Gasteiger partial charge in [0.15, 0.2) is 11.5 Å². The molecule has 3 rings (SSSR count). The van der Waals surface area contributed by atoms with Gasteiger partial charge in [-0.2, -0.15) is 4.31 Å². The number of carbonyl (C=O) groups is 1. The van der Waals surface area contributed by atoms with Gasteiger partial charge < -0.3 is 14.8 Å². The first-order chi connectivity index (χ1) is 15.2. The topological polar surface area (TPSA) is 128 Å². The van der Waals surface area contributed by atoms with Gasteiger partial charge >= 0.3 is 0 Å². The zero-order valence-electron chi connectivity index (χ0n) is 18.0. The number of amides is 1. The zero-order valence-corrected chi connectivity index (χ0v) is 18.8. The van der Waals surface area contributed by atoms with Crippen molar-refractivity contribution in [1.82, 2.24) is 4.31 Å². The molecular weight excluding hydrogens is 438 g/mol. The van der Waals surface area contributed by atoms with E-state index in [2.05, 4.69) is 5.32 Å². The van der Waals surface area contributed by atoms with Gasteiger partial charge in [0.2, 0.25) is 15.9 Å². The van der Waals surface area contributed by atoms with Crippen LogP contribution in [0.1, 0.15) is 18.4 Å². The van der Waals surface area contributed by atoms with Crippen molar-refractivity contribution in [3.05, 3.63) is 52.1 Å². The zero-order chi connectivity index (χ0) is 23.5. The van der Waals surface area contributed by atoms with Gasteiger partial charge in [-0.15, -0.1) is 0 Å². The molecule has 0 radical (unpaired) electrons. The number of nitro benzene ring substituents is 1. The number of sulfonamides is 1. The molecule has 1 fully saturated rings. The Labute approximate surface area is 186 Å². The summed E-state index contributed by atoms with van der Waals surface area (Å²) in [5, 5.41) is 13.9. The third kappa shape index (κ3) is 4.68. The molecule has 0 spiro atoms. The first-order valence-corrected chi connectivity index (χ1v) is 11.4. The SMILES string of the molecule is COc1ccc(S(=O)(=O)N2CCC[C@H](C(=O)Nc3cccc([N+](=O)[O-])c3C)C2)cc1OC. The fourth-order valence-corrected chi connectivity index (χ4v) is 5.23. The fraction of sp³-hybridized carbons (Fsp3) is 0.381. The summed E-state index contributed by atoms with van der Waals surface area (Å²) in [4.78, 5) is 23.5. The van der Waals surface area contributed by atoms with Gasteiger partial charge in [-0.05, 0) is 38.0 Å². The number of carbonyl (C=O) groups excluding carboxylic acids is 1. The molecule has 0 unspecified atom stereocenters. The van der Waals surface area contributed by atoms with Gasteiger partial charge in [-0.3, -0.25) is 14.9 Å². The van der Waals surface area contributed by atoms with Crippen LogP contribution in [-0.2, 0) is 14.8 Å². The molecule has 2 aromatic rings. The average molecular weight is 464 g/mol. The molecule has 1 atom stereocenters. The lowest BCUT2D eigenvalue weighted by atomic mass is 9.98. The Kier molecular flexibility index (Phi) is 6.99. The summed E-state index contributed by atoms with van der Waals surface area (Å²) >= 11 is 0. The average Bonchev–Trinajstić information content (AvgIpc) is 2.79. The van der Waals surface area contributed by atoms with E-state index in [0.29, 0.717) is 35.6 Å². The van der Waals surface area contributed by atoms with Crippen molar-refractivity contribution >= 4 is 27.3 Å². The van der Waals surface area contributed by atoms with Crippen LogP contribution in [0, 0.1) is 23.0 Å². The highest BCUT2D eigenvalue weighted by atomic mass is 32.2. The number of anilines is 1. The normalized spacial score (nSPS) is 16.9. The summed E-state index contributed by atoms with van der Waals surface area (Å²) in [6.07, 6.45) is 1.02. The molecule has 2 aromatic carbocycles. The molecule has 1 aliphatic rings. The highest BCUT2D eigenvalue weighted by Crippen LogP contribution is 2.32. The number of nitro groups is 1. The van der Waals surface area contributed by atoms with Crippen molar-refractivity contribution in [1.29, 1.82) is 0 Å². The monoisotopic (exact) mass is 463 g/mol. The maximum absolute atomic E-state index is 13.2. The Morgan fingerprint density at radius 3 is 2.56 bits per heavy atom. The van der Waals surface area contributed by atoms with E-state index < -0.39 is 20.9 Å². The number of nitrogens with zero attached hydrogens (tertiary/aromatic N) is 2. The molecule has 172 valence electrons. The van der Waals surface area contributed by atoms with Crippen LogP contribution in [0.3, 0.4) is 0 Å². The lowest BCUT2D eigenvalue weighted by molar-refractivity contribution is -0.385. The van der Waals surface area contributed by atoms with Gasteiger partial charge in [0.25, 0.3) is 5.69 Å². The number of ether oxygens (including phenoxy) is 2. The number of hydrogen-bond acceptors (Lipinski definition) is 7. The van der Waals surface area contributed by atoms with Crippen molar-refractivity contribution in [2.45, 2.75) is 24.7 Å².